The average molecular weight is 1400 g/mol. The number of carbonyl (C=O) groups excluding carboxylic acids is 4. The highest BCUT2D eigenvalue weighted by atomic mass is 31.2. The number of carbonyl (C=O) groups is 4. The van der Waals surface area contributed by atoms with Crippen molar-refractivity contribution in [2.24, 2.45) is 17.8 Å². The molecule has 0 bridgehead atoms. The van der Waals surface area contributed by atoms with Crippen molar-refractivity contribution in [3.63, 3.8) is 0 Å². The van der Waals surface area contributed by atoms with E-state index in [1.165, 1.54) is 186 Å². The molecule has 5 atom stereocenters. The highest BCUT2D eigenvalue weighted by Crippen LogP contribution is 2.45. The molecule has 0 spiro atoms. The van der Waals surface area contributed by atoms with Gasteiger partial charge >= 0.3 is 39.5 Å². The number of rotatable bonds is 74. The van der Waals surface area contributed by atoms with E-state index in [0.717, 1.165) is 120 Å². The van der Waals surface area contributed by atoms with E-state index in [-0.39, 0.29) is 25.7 Å². The summed E-state index contributed by atoms with van der Waals surface area (Å²) in [5, 5.41) is 10.6. The molecule has 0 fully saturated rings. The Morgan fingerprint density at radius 2 is 0.484 bits per heavy atom. The average Bonchev–Trinajstić information content (AvgIpc) is 1.80. The van der Waals surface area contributed by atoms with Crippen LogP contribution in [0.2, 0.25) is 0 Å². The molecule has 0 aromatic carbocycles. The fourth-order valence-electron chi connectivity index (χ4n) is 11.6. The van der Waals surface area contributed by atoms with Crippen molar-refractivity contribution in [1.29, 1.82) is 0 Å². The van der Waals surface area contributed by atoms with Gasteiger partial charge in [-0.25, -0.2) is 9.13 Å². The van der Waals surface area contributed by atoms with Crippen LogP contribution >= 0.6 is 15.6 Å². The second kappa shape index (κ2) is 66.6. The third kappa shape index (κ3) is 70.3. The molecule has 0 aliphatic heterocycles. The van der Waals surface area contributed by atoms with Gasteiger partial charge in [-0.3, -0.25) is 37.3 Å². The maximum atomic E-state index is 13.1. The molecule has 564 valence electrons. The summed E-state index contributed by atoms with van der Waals surface area (Å²) in [6, 6.07) is 0. The van der Waals surface area contributed by atoms with Gasteiger partial charge in [0.1, 0.15) is 19.3 Å². The molecule has 0 saturated carbocycles. The molecule has 0 heterocycles. The van der Waals surface area contributed by atoms with Crippen LogP contribution in [0.3, 0.4) is 0 Å². The maximum absolute atomic E-state index is 13.1. The van der Waals surface area contributed by atoms with Gasteiger partial charge < -0.3 is 33.8 Å². The van der Waals surface area contributed by atoms with E-state index in [9.17, 15) is 43.2 Å². The number of hydrogen-bond acceptors (Lipinski definition) is 15. The van der Waals surface area contributed by atoms with Gasteiger partial charge in [0.2, 0.25) is 0 Å². The van der Waals surface area contributed by atoms with Crippen molar-refractivity contribution in [1.82, 2.24) is 0 Å². The zero-order valence-electron chi connectivity index (χ0n) is 62.1. The molecular weight excluding hydrogens is 1250 g/mol. The van der Waals surface area contributed by atoms with Crippen LogP contribution in [-0.4, -0.2) is 96.7 Å². The third-order valence-electron chi connectivity index (χ3n) is 17.6. The van der Waals surface area contributed by atoms with Gasteiger partial charge in [-0.15, -0.1) is 0 Å². The van der Waals surface area contributed by atoms with Gasteiger partial charge in [0.25, 0.3) is 0 Å². The fourth-order valence-corrected chi connectivity index (χ4v) is 13.2. The van der Waals surface area contributed by atoms with Crippen LogP contribution in [0.25, 0.3) is 0 Å². The summed E-state index contributed by atoms with van der Waals surface area (Å²) in [5.74, 6) is 0.235. The molecule has 0 aromatic rings. The van der Waals surface area contributed by atoms with Gasteiger partial charge in [-0.1, -0.05) is 337 Å². The lowest BCUT2D eigenvalue weighted by Crippen LogP contribution is -2.30. The molecule has 3 N–H and O–H groups in total. The summed E-state index contributed by atoms with van der Waals surface area (Å²) >= 11 is 0. The first-order valence-corrected chi connectivity index (χ1v) is 42.3. The number of hydrogen-bond donors (Lipinski definition) is 3. The number of phosphoric ester groups is 2. The van der Waals surface area contributed by atoms with Gasteiger partial charge in [0, 0.05) is 25.7 Å². The number of ether oxygens (including phenoxy) is 4. The zero-order chi connectivity index (χ0) is 70.1. The summed E-state index contributed by atoms with van der Waals surface area (Å²) in [4.78, 5) is 72.7. The van der Waals surface area contributed by atoms with Gasteiger partial charge in [0.05, 0.1) is 26.4 Å². The molecule has 0 aliphatic rings. The van der Waals surface area contributed by atoms with Crippen LogP contribution in [0.1, 0.15) is 389 Å². The Morgan fingerprint density at radius 1 is 0.284 bits per heavy atom. The lowest BCUT2D eigenvalue weighted by Gasteiger charge is -2.21. The van der Waals surface area contributed by atoms with E-state index < -0.39 is 97.5 Å². The highest BCUT2D eigenvalue weighted by Gasteiger charge is 2.30. The van der Waals surface area contributed by atoms with Crippen LogP contribution in [0.4, 0.5) is 0 Å². The highest BCUT2D eigenvalue weighted by molar-refractivity contribution is 7.47. The van der Waals surface area contributed by atoms with Crippen molar-refractivity contribution in [2.45, 2.75) is 407 Å². The van der Waals surface area contributed by atoms with Crippen molar-refractivity contribution in [3.05, 3.63) is 0 Å². The molecule has 0 aliphatic carbocycles. The van der Waals surface area contributed by atoms with E-state index in [0.29, 0.717) is 25.7 Å². The first-order chi connectivity index (χ1) is 45.7. The Balaban J connectivity index is 5.19. The lowest BCUT2D eigenvalue weighted by atomic mass is 10.0. The summed E-state index contributed by atoms with van der Waals surface area (Å²) < 4.78 is 68.4. The topological polar surface area (TPSA) is 237 Å². The summed E-state index contributed by atoms with van der Waals surface area (Å²) in [6.45, 7) is 11.9. The van der Waals surface area contributed by atoms with Crippen LogP contribution in [0.5, 0.6) is 0 Å². The van der Waals surface area contributed by atoms with Gasteiger partial charge in [-0.05, 0) is 43.4 Å². The van der Waals surface area contributed by atoms with Crippen molar-refractivity contribution < 1.29 is 80.2 Å². The monoisotopic (exact) mass is 1400 g/mol. The molecular formula is C76H148O17P2. The number of unbranched alkanes of at least 4 members (excludes halogenated alkanes) is 42. The van der Waals surface area contributed by atoms with Crippen LogP contribution < -0.4 is 0 Å². The Kier molecular flexibility index (Phi) is 65.2. The molecule has 17 nitrogen and oxygen atoms in total. The van der Waals surface area contributed by atoms with Crippen molar-refractivity contribution in [3.8, 4) is 0 Å². The van der Waals surface area contributed by atoms with Gasteiger partial charge in [0.15, 0.2) is 12.2 Å². The predicted octanol–water partition coefficient (Wildman–Crippen LogP) is 22.2. The minimum absolute atomic E-state index is 0.106. The minimum atomic E-state index is -4.96. The predicted molar refractivity (Wildman–Crippen MR) is 386 cm³/mol. The number of aliphatic hydroxyl groups is 1. The Labute approximate surface area is 581 Å². The molecule has 0 rings (SSSR count). The molecule has 0 saturated heterocycles. The van der Waals surface area contributed by atoms with E-state index in [4.69, 9.17) is 37.0 Å². The molecule has 0 radical (unpaired) electrons. The zero-order valence-corrected chi connectivity index (χ0v) is 63.9. The van der Waals surface area contributed by atoms with E-state index in [1.807, 2.05) is 0 Å². The normalized spacial score (nSPS) is 14.1. The summed E-state index contributed by atoms with van der Waals surface area (Å²) in [7, 11) is -9.91. The number of esters is 4. The first-order valence-electron chi connectivity index (χ1n) is 39.3. The summed E-state index contributed by atoms with van der Waals surface area (Å²) in [5.41, 5.74) is 0. The third-order valence-corrected chi connectivity index (χ3v) is 19.5. The van der Waals surface area contributed by atoms with Crippen LogP contribution in [0, 0.1) is 17.8 Å². The second-order valence-corrected chi connectivity index (χ2v) is 31.7. The SMILES string of the molecule is CCCCCCCCCC(=O)OC[C@H](COP(=O)(O)OC[C@H](O)COP(=O)(O)OC[C@@H](COC(=O)CCCCCCCCCCCCCCC(C)C)OC(=O)CCCCCCCCCCCCCCCCCCC(C)C)OC(=O)CCCCCCCCCCCCCC(C)C. The van der Waals surface area contributed by atoms with E-state index >= 15 is 0 Å². The Morgan fingerprint density at radius 3 is 0.716 bits per heavy atom. The minimum Gasteiger partial charge on any atom is -0.462 e. The number of aliphatic hydroxyl groups excluding tert-OH is 1. The van der Waals surface area contributed by atoms with Crippen molar-refractivity contribution in [2.75, 3.05) is 39.6 Å². The number of phosphoric acid groups is 2. The van der Waals surface area contributed by atoms with E-state index in [2.05, 4.69) is 48.5 Å². The molecule has 0 aromatic heterocycles. The van der Waals surface area contributed by atoms with Gasteiger partial charge in [-0.2, -0.15) is 0 Å². The Hall–Kier alpha value is -1.94. The van der Waals surface area contributed by atoms with Crippen LogP contribution in [-0.2, 0) is 65.4 Å². The quantitative estimate of drug-likeness (QED) is 0.0222. The largest absolute Gasteiger partial charge is 0.472 e. The fraction of sp³-hybridized carbons (Fsp3) is 0.947. The van der Waals surface area contributed by atoms with Crippen LogP contribution in [0.15, 0.2) is 0 Å². The maximum Gasteiger partial charge on any atom is 0.472 e. The smallest absolute Gasteiger partial charge is 0.462 e. The molecule has 2 unspecified atom stereocenters. The second-order valence-electron chi connectivity index (χ2n) is 28.8. The van der Waals surface area contributed by atoms with Crippen molar-refractivity contribution >= 4 is 39.5 Å². The molecule has 95 heavy (non-hydrogen) atoms. The summed E-state index contributed by atoms with van der Waals surface area (Å²) in [6.07, 6.45) is 52.8. The lowest BCUT2D eigenvalue weighted by molar-refractivity contribution is -0.161. The molecule has 0 amide bonds. The standard InChI is InChI=1S/C76H148O17P2/c1-8-9-10-11-33-43-50-57-73(78)86-63-71(92-76(81)60-53-46-39-32-26-20-23-29-36-42-49-56-69(6)7)65-90-94(82,83)88-61-70(77)62-89-95(84,85)91-66-72(64-87-74(79)58-51-44-37-30-24-19-18-22-28-35-41-48-55-68(4)5)93-75(80)59-52-45-38-31-25-17-15-13-12-14-16-21-27-34-40-47-54-67(2)3/h67-72,77H,8-66H2,1-7H3,(H,82,83)(H,84,85)/t70-,71+,72+/m0/s1. The molecule has 19 heteroatoms. The Bertz CT molecular complexity index is 1850. The van der Waals surface area contributed by atoms with E-state index in [1.54, 1.807) is 0 Å². The first kappa shape index (κ1) is 93.1.